The highest BCUT2D eigenvalue weighted by Crippen LogP contribution is 2.29. The fraction of sp³-hybridized carbons (Fsp3) is 0.167. The van der Waals surface area contributed by atoms with Crippen LogP contribution in [0.2, 0.25) is 0 Å². The Morgan fingerprint density at radius 1 is 1.12 bits per heavy atom. The molecule has 1 unspecified atom stereocenters. The van der Waals surface area contributed by atoms with Crippen molar-refractivity contribution in [1.82, 2.24) is 14.9 Å². The summed E-state index contributed by atoms with van der Waals surface area (Å²) in [5, 5.41) is 14.5. The lowest BCUT2D eigenvalue weighted by Crippen LogP contribution is -2.30. The van der Waals surface area contributed by atoms with Gasteiger partial charge >= 0.3 is 0 Å². The Labute approximate surface area is 189 Å². The van der Waals surface area contributed by atoms with Crippen LogP contribution in [0.1, 0.15) is 27.8 Å². The van der Waals surface area contributed by atoms with Crippen LogP contribution in [0.5, 0.6) is 0 Å². The predicted octanol–water partition coefficient (Wildman–Crippen LogP) is 4.92. The van der Waals surface area contributed by atoms with Crippen molar-refractivity contribution in [3.63, 3.8) is 0 Å². The van der Waals surface area contributed by atoms with Crippen LogP contribution >= 0.6 is 11.8 Å². The van der Waals surface area contributed by atoms with Crippen LogP contribution in [-0.4, -0.2) is 26.6 Å². The third-order valence-corrected chi connectivity index (χ3v) is 6.20. The van der Waals surface area contributed by atoms with Crippen molar-refractivity contribution >= 4 is 34.4 Å². The van der Waals surface area contributed by atoms with Crippen molar-refractivity contribution < 1.29 is 9.72 Å². The number of carbonyl (C=O) groups excluding carboxylic acids is 1. The summed E-state index contributed by atoms with van der Waals surface area (Å²) >= 11 is 1.28. The van der Waals surface area contributed by atoms with Crippen LogP contribution in [0.3, 0.4) is 0 Å². The Bertz CT molecular complexity index is 1290. The van der Waals surface area contributed by atoms with E-state index in [1.54, 1.807) is 18.4 Å². The summed E-state index contributed by atoms with van der Waals surface area (Å²) in [6, 6.07) is 21.7. The van der Waals surface area contributed by atoms with Crippen molar-refractivity contribution in [1.29, 1.82) is 0 Å². The third kappa shape index (κ3) is 4.36. The van der Waals surface area contributed by atoms with Gasteiger partial charge < -0.3 is 9.88 Å². The van der Waals surface area contributed by atoms with Crippen molar-refractivity contribution in [3.05, 3.63) is 99.9 Å². The second kappa shape index (κ2) is 9.23. The van der Waals surface area contributed by atoms with Gasteiger partial charge in [-0.15, -0.1) is 11.8 Å². The monoisotopic (exact) mass is 446 g/mol. The van der Waals surface area contributed by atoms with Crippen LogP contribution in [0.4, 0.5) is 5.69 Å². The van der Waals surface area contributed by atoms with E-state index in [0.717, 1.165) is 22.4 Å². The first kappa shape index (κ1) is 21.6. The molecule has 1 heterocycles. The number of carbonyl (C=O) groups is 1. The molecule has 1 aromatic heterocycles. The number of nitro benzene ring substituents is 1. The average Bonchev–Trinajstić information content (AvgIpc) is 3.14. The van der Waals surface area contributed by atoms with E-state index in [1.165, 1.54) is 17.8 Å². The van der Waals surface area contributed by atoms with Crippen LogP contribution in [0.25, 0.3) is 11.0 Å². The molecule has 4 rings (SSSR count). The highest BCUT2D eigenvalue weighted by molar-refractivity contribution is 7.98. The van der Waals surface area contributed by atoms with Crippen LogP contribution in [0.15, 0.2) is 77.7 Å². The molecule has 0 fully saturated rings. The molecule has 7 nitrogen and oxygen atoms in total. The second-order valence-electron chi connectivity index (χ2n) is 7.36. The van der Waals surface area contributed by atoms with E-state index in [-0.39, 0.29) is 23.2 Å². The Hall–Kier alpha value is -3.65. The summed E-state index contributed by atoms with van der Waals surface area (Å²) < 4.78 is 2.02. The van der Waals surface area contributed by atoms with E-state index in [0.29, 0.717) is 11.3 Å². The molecule has 32 heavy (non-hydrogen) atoms. The normalized spacial score (nSPS) is 11.9. The molecule has 1 amide bonds. The number of nitrogens with zero attached hydrogens (tertiary/aromatic N) is 3. The first-order valence-corrected chi connectivity index (χ1v) is 11.3. The Balaban J connectivity index is 1.66. The Kier molecular flexibility index (Phi) is 6.23. The molecule has 0 saturated carbocycles. The van der Waals surface area contributed by atoms with Gasteiger partial charge in [0.25, 0.3) is 11.6 Å². The fourth-order valence-electron chi connectivity index (χ4n) is 3.71. The molecule has 0 spiro atoms. The number of nitro groups is 1. The number of hydrogen-bond donors (Lipinski definition) is 1. The van der Waals surface area contributed by atoms with E-state index in [1.807, 2.05) is 66.2 Å². The SMILES string of the molecule is CSc1ccc(C(=O)NC(Cc2nc3ccccc3n2C)c2ccccc2)cc1[N+](=O)[O-]. The number of aryl methyl sites for hydroxylation is 1. The average molecular weight is 447 g/mol. The molecule has 1 atom stereocenters. The number of nitrogens with one attached hydrogen (secondary N) is 1. The molecule has 8 heteroatoms. The number of amides is 1. The molecule has 0 bridgehead atoms. The lowest BCUT2D eigenvalue weighted by Gasteiger charge is -2.19. The predicted molar refractivity (Wildman–Crippen MR) is 126 cm³/mol. The number of thioether (sulfide) groups is 1. The minimum Gasteiger partial charge on any atom is -0.345 e. The summed E-state index contributed by atoms with van der Waals surface area (Å²) in [5.41, 5.74) is 3.02. The van der Waals surface area contributed by atoms with Gasteiger partial charge in [0, 0.05) is 25.1 Å². The number of aromatic nitrogens is 2. The maximum Gasteiger partial charge on any atom is 0.283 e. The van der Waals surface area contributed by atoms with Gasteiger partial charge in [0.1, 0.15) is 5.82 Å². The molecule has 0 aliphatic carbocycles. The first-order chi connectivity index (χ1) is 15.5. The standard InChI is InChI=1S/C24H22N4O3S/c1-27-20-11-7-6-10-18(20)25-23(27)15-19(16-8-4-3-5-9-16)26-24(29)17-12-13-22(32-2)21(14-17)28(30)31/h3-14,19H,15H2,1-2H3,(H,26,29). The zero-order chi connectivity index (χ0) is 22.7. The van der Waals surface area contributed by atoms with Gasteiger partial charge in [-0.1, -0.05) is 42.5 Å². The number of benzene rings is 3. The smallest absolute Gasteiger partial charge is 0.283 e. The second-order valence-corrected chi connectivity index (χ2v) is 8.21. The summed E-state index contributed by atoms with van der Waals surface area (Å²) in [4.78, 5) is 29.3. The number of fused-ring (bicyclic) bond motifs is 1. The molecule has 1 N–H and O–H groups in total. The van der Waals surface area contributed by atoms with E-state index >= 15 is 0 Å². The van der Waals surface area contributed by atoms with Crippen LogP contribution < -0.4 is 5.32 Å². The Morgan fingerprint density at radius 3 is 2.53 bits per heavy atom. The lowest BCUT2D eigenvalue weighted by molar-refractivity contribution is -0.387. The summed E-state index contributed by atoms with van der Waals surface area (Å²) in [7, 11) is 1.96. The summed E-state index contributed by atoms with van der Waals surface area (Å²) in [5.74, 6) is 0.470. The van der Waals surface area contributed by atoms with Crippen molar-refractivity contribution in [3.8, 4) is 0 Å². The molecule has 3 aromatic carbocycles. The maximum atomic E-state index is 13.1. The minimum absolute atomic E-state index is 0.0724. The zero-order valence-corrected chi connectivity index (χ0v) is 18.5. The maximum absolute atomic E-state index is 13.1. The third-order valence-electron chi connectivity index (χ3n) is 5.41. The molecular formula is C24H22N4O3S. The molecule has 0 saturated heterocycles. The van der Waals surface area contributed by atoms with Gasteiger partial charge in [-0.3, -0.25) is 14.9 Å². The van der Waals surface area contributed by atoms with Crippen LogP contribution in [-0.2, 0) is 13.5 Å². The fourth-order valence-corrected chi connectivity index (χ4v) is 4.26. The first-order valence-electron chi connectivity index (χ1n) is 10.1. The molecular weight excluding hydrogens is 424 g/mol. The molecule has 162 valence electrons. The van der Waals surface area contributed by atoms with Crippen LogP contribution in [0, 0.1) is 10.1 Å². The van der Waals surface area contributed by atoms with E-state index < -0.39 is 4.92 Å². The highest BCUT2D eigenvalue weighted by atomic mass is 32.2. The largest absolute Gasteiger partial charge is 0.345 e. The van der Waals surface area contributed by atoms with Crippen molar-refractivity contribution in [2.24, 2.45) is 7.05 Å². The van der Waals surface area contributed by atoms with E-state index in [2.05, 4.69) is 5.32 Å². The number of rotatable bonds is 7. The number of imidazole rings is 1. The Morgan fingerprint density at radius 2 is 1.84 bits per heavy atom. The lowest BCUT2D eigenvalue weighted by atomic mass is 10.0. The van der Waals surface area contributed by atoms with Gasteiger partial charge in [-0.05, 0) is 36.1 Å². The van der Waals surface area contributed by atoms with Crippen molar-refractivity contribution in [2.45, 2.75) is 17.4 Å². The molecule has 0 radical (unpaired) electrons. The quantitative estimate of drug-likeness (QED) is 0.247. The zero-order valence-electron chi connectivity index (χ0n) is 17.7. The van der Waals surface area contributed by atoms with E-state index in [4.69, 9.17) is 4.98 Å². The van der Waals surface area contributed by atoms with E-state index in [9.17, 15) is 14.9 Å². The molecule has 0 aliphatic rings. The molecule has 0 aliphatic heterocycles. The topological polar surface area (TPSA) is 90.1 Å². The minimum atomic E-state index is -0.462. The highest BCUT2D eigenvalue weighted by Gasteiger charge is 2.22. The van der Waals surface area contributed by atoms with Gasteiger partial charge in [0.15, 0.2) is 0 Å². The van der Waals surface area contributed by atoms with Gasteiger partial charge in [0.05, 0.1) is 26.9 Å². The van der Waals surface area contributed by atoms with Gasteiger partial charge in [-0.25, -0.2) is 4.98 Å². The summed E-state index contributed by atoms with van der Waals surface area (Å²) in [6.07, 6.45) is 2.25. The summed E-state index contributed by atoms with van der Waals surface area (Å²) in [6.45, 7) is 0. The number of hydrogen-bond acceptors (Lipinski definition) is 5. The van der Waals surface area contributed by atoms with Gasteiger partial charge in [0.2, 0.25) is 0 Å². The number of para-hydroxylation sites is 2. The van der Waals surface area contributed by atoms with Crippen molar-refractivity contribution in [2.75, 3.05) is 6.26 Å². The molecule has 4 aromatic rings. The van der Waals surface area contributed by atoms with Gasteiger partial charge in [-0.2, -0.15) is 0 Å².